The summed E-state index contributed by atoms with van der Waals surface area (Å²) in [6.45, 7) is 0.0787. The second-order valence-corrected chi connectivity index (χ2v) is 5.04. The lowest BCUT2D eigenvalue weighted by Gasteiger charge is -2.04. The van der Waals surface area contributed by atoms with Crippen LogP contribution in [0.3, 0.4) is 0 Å². The van der Waals surface area contributed by atoms with Crippen molar-refractivity contribution in [1.82, 2.24) is 19.9 Å². The molecule has 0 radical (unpaired) electrons. The van der Waals surface area contributed by atoms with Crippen molar-refractivity contribution in [2.45, 2.75) is 11.4 Å². The van der Waals surface area contributed by atoms with E-state index >= 15 is 0 Å². The SMILES string of the molecule is O=S(=O)(NCc1cn[nH]c1)c1cncc(F)c1. The van der Waals surface area contributed by atoms with Gasteiger partial charge >= 0.3 is 0 Å². The third-order valence-electron chi connectivity index (χ3n) is 2.01. The summed E-state index contributed by atoms with van der Waals surface area (Å²) in [6, 6.07) is 0.907. The fourth-order valence-electron chi connectivity index (χ4n) is 1.18. The van der Waals surface area contributed by atoms with Crippen LogP contribution >= 0.6 is 0 Å². The van der Waals surface area contributed by atoms with E-state index in [1.807, 2.05) is 0 Å². The summed E-state index contributed by atoms with van der Waals surface area (Å²) in [5.74, 6) is -0.698. The van der Waals surface area contributed by atoms with Crippen molar-refractivity contribution in [2.24, 2.45) is 0 Å². The molecule has 8 heteroatoms. The van der Waals surface area contributed by atoms with Gasteiger partial charge in [-0.15, -0.1) is 0 Å². The molecule has 0 bridgehead atoms. The second-order valence-electron chi connectivity index (χ2n) is 3.27. The number of aromatic amines is 1. The predicted molar refractivity (Wildman–Crippen MR) is 56.8 cm³/mol. The molecule has 2 aromatic heterocycles. The number of aromatic nitrogens is 3. The van der Waals surface area contributed by atoms with Crippen LogP contribution in [0.15, 0.2) is 35.7 Å². The molecule has 6 nitrogen and oxygen atoms in total. The quantitative estimate of drug-likeness (QED) is 0.830. The van der Waals surface area contributed by atoms with E-state index in [0.717, 1.165) is 18.5 Å². The van der Waals surface area contributed by atoms with Gasteiger partial charge in [-0.05, 0) is 6.07 Å². The Bertz CT molecular complexity index is 597. The molecule has 2 aromatic rings. The van der Waals surface area contributed by atoms with Gasteiger partial charge in [0.2, 0.25) is 10.0 Å². The van der Waals surface area contributed by atoms with Gasteiger partial charge in [-0.1, -0.05) is 0 Å². The van der Waals surface area contributed by atoms with Crippen LogP contribution in [0.2, 0.25) is 0 Å². The molecule has 0 spiro atoms. The van der Waals surface area contributed by atoms with E-state index in [2.05, 4.69) is 19.9 Å². The minimum Gasteiger partial charge on any atom is -0.285 e. The van der Waals surface area contributed by atoms with E-state index in [9.17, 15) is 12.8 Å². The predicted octanol–water partition coefficient (Wildman–Crippen LogP) is 0.422. The van der Waals surface area contributed by atoms with Crippen LogP contribution < -0.4 is 4.72 Å². The Labute approximate surface area is 96.9 Å². The molecule has 0 aliphatic carbocycles. The number of pyridine rings is 1. The third kappa shape index (κ3) is 2.86. The highest BCUT2D eigenvalue weighted by molar-refractivity contribution is 7.89. The zero-order chi connectivity index (χ0) is 12.3. The number of hydrogen-bond acceptors (Lipinski definition) is 4. The Hall–Kier alpha value is -1.80. The highest BCUT2D eigenvalue weighted by Gasteiger charge is 2.14. The first-order valence-corrected chi connectivity index (χ1v) is 6.14. The molecule has 90 valence electrons. The molecule has 2 rings (SSSR count). The normalized spacial score (nSPS) is 11.6. The molecule has 0 aliphatic rings. The monoisotopic (exact) mass is 256 g/mol. The van der Waals surface area contributed by atoms with E-state index in [4.69, 9.17) is 0 Å². The van der Waals surface area contributed by atoms with Crippen molar-refractivity contribution in [3.63, 3.8) is 0 Å². The molecule has 0 atom stereocenters. The molecule has 2 N–H and O–H groups in total. The number of nitrogens with zero attached hydrogens (tertiary/aromatic N) is 2. The van der Waals surface area contributed by atoms with E-state index in [0.29, 0.717) is 5.56 Å². The molecule has 0 fully saturated rings. The van der Waals surface area contributed by atoms with E-state index in [-0.39, 0.29) is 11.4 Å². The van der Waals surface area contributed by atoms with Crippen LogP contribution in [0.5, 0.6) is 0 Å². The first-order chi connectivity index (χ1) is 8.08. The van der Waals surface area contributed by atoms with Crippen molar-refractivity contribution < 1.29 is 12.8 Å². The highest BCUT2D eigenvalue weighted by atomic mass is 32.2. The molecular formula is C9H9FN4O2S. The Balaban J connectivity index is 2.14. The summed E-state index contributed by atoms with van der Waals surface area (Å²) >= 11 is 0. The minimum absolute atomic E-state index is 0.0787. The largest absolute Gasteiger partial charge is 0.285 e. The fourth-order valence-corrected chi connectivity index (χ4v) is 2.17. The summed E-state index contributed by atoms with van der Waals surface area (Å²) in [5, 5.41) is 6.24. The van der Waals surface area contributed by atoms with Crippen LogP contribution in [-0.2, 0) is 16.6 Å². The average Bonchev–Trinajstić information content (AvgIpc) is 2.79. The number of hydrogen-bond donors (Lipinski definition) is 2. The molecule has 0 saturated carbocycles. The summed E-state index contributed by atoms with van der Waals surface area (Å²) in [4.78, 5) is 3.28. The molecule has 0 aliphatic heterocycles. The summed E-state index contributed by atoms with van der Waals surface area (Å²) in [5.41, 5.74) is 0.679. The van der Waals surface area contributed by atoms with E-state index < -0.39 is 15.8 Å². The number of nitrogens with one attached hydrogen (secondary N) is 2. The highest BCUT2D eigenvalue weighted by Crippen LogP contribution is 2.09. The van der Waals surface area contributed by atoms with Crippen molar-refractivity contribution in [2.75, 3.05) is 0 Å². The first kappa shape index (κ1) is 11.7. The molecule has 0 amide bonds. The number of halogens is 1. The van der Waals surface area contributed by atoms with Gasteiger partial charge in [-0.25, -0.2) is 17.5 Å². The van der Waals surface area contributed by atoms with Gasteiger partial charge in [0.15, 0.2) is 0 Å². The topological polar surface area (TPSA) is 87.7 Å². The van der Waals surface area contributed by atoms with Crippen molar-refractivity contribution >= 4 is 10.0 Å². The van der Waals surface area contributed by atoms with Gasteiger partial charge in [0.1, 0.15) is 10.7 Å². The lowest BCUT2D eigenvalue weighted by atomic mass is 10.4. The average molecular weight is 256 g/mol. The molecule has 0 unspecified atom stereocenters. The van der Waals surface area contributed by atoms with Gasteiger partial charge in [0.25, 0.3) is 0 Å². The van der Waals surface area contributed by atoms with Crippen LogP contribution in [0.4, 0.5) is 4.39 Å². The Morgan fingerprint density at radius 3 is 2.82 bits per heavy atom. The van der Waals surface area contributed by atoms with Crippen LogP contribution in [0, 0.1) is 5.82 Å². The number of rotatable bonds is 4. The molecule has 17 heavy (non-hydrogen) atoms. The number of H-pyrrole nitrogens is 1. The maximum absolute atomic E-state index is 12.8. The molecule has 0 aromatic carbocycles. The van der Waals surface area contributed by atoms with E-state index in [1.165, 1.54) is 6.20 Å². The first-order valence-electron chi connectivity index (χ1n) is 4.66. The summed E-state index contributed by atoms with van der Waals surface area (Å²) < 4.78 is 38.6. The van der Waals surface area contributed by atoms with Gasteiger partial charge in [-0.2, -0.15) is 5.10 Å². The van der Waals surface area contributed by atoms with Crippen LogP contribution in [-0.4, -0.2) is 23.6 Å². The molecule has 0 saturated heterocycles. The Kier molecular flexibility index (Phi) is 3.16. The zero-order valence-electron chi connectivity index (χ0n) is 8.59. The third-order valence-corrected chi connectivity index (χ3v) is 3.38. The lowest BCUT2D eigenvalue weighted by molar-refractivity contribution is 0.575. The zero-order valence-corrected chi connectivity index (χ0v) is 9.41. The van der Waals surface area contributed by atoms with Gasteiger partial charge in [-0.3, -0.25) is 10.1 Å². The van der Waals surface area contributed by atoms with Crippen molar-refractivity contribution in [1.29, 1.82) is 0 Å². The molecule has 2 heterocycles. The summed E-state index contributed by atoms with van der Waals surface area (Å²) in [6.07, 6.45) is 5.08. The lowest BCUT2D eigenvalue weighted by Crippen LogP contribution is -2.23. The van der Waals surface area contributed by atoms with Gasteiger partial charge < -0.3 is 0 Å². The van der Waals surface area contributed by atoms with Crippen LogP contribution in [0.25, 0.3) is 0 Å². The number of sulfonamides is 1. The second kappa shape index (κ2) is 4.60. The smallest absolute Gasteiger partial charge is 0.242 e. The maximum Gasteiger partial charge on any atom is 0.242 e. The van der Waals surface area contributed by atoms with Crippen molar-refractivity contribution in [3.05, 3.63) is 42.2 Å². The fraction of sp³-hybridized carbons (Fsp3) is 0.111. The van der Waals surface area contributed by atoms with Crippen LogP contribution in [0.1, 0.15) is 5.56 Å². The maximum atomic E-state index is 12.8. The Morgan fingerprint density at radius 2 is 2.18 bits per heavy atom. The minimum atomic E-state index is -3.75. The molecular weight excluding hydrogens is 247 g/mol. The Morgan fingerprint density at radius 1 is 1.35 bits per heavy atom. The van der Waals surface area contributed by atoms with Crippen molar-refractivity contribution in [3.8, 4) is 0 Å². The standard InChI is InChI=1S/C9H9FN4O2S/c10-8-1-9(6-11-5-8)17(15,16)14-4-7-2-12-13-3-7/h1-3,5-6,14H,4H2,(H,12,13). The van der Waals surface area contributed by atoms with Gasteiger partial charge in [0.05, 0.1) is 12.4 Å². The summed E-state index contributed by atoms with van der Waals surface area (Å²) in [7, 11) is -3.75. The van der Waals surface area contributed by atoms with Gasteiger partial charge in [0, 0.05) is 24.5 Å². The van der Waals surface area contributed by atoms with E-state index in [1.54, 1.807) is 6.20 Å².